The minimum atomic E-state index is 0.298. The standard InChI is InChI=1S/C23H30FN3S/c1-4-22(12-20-8-6-5-7-9-20)27(15-18(2)14-26-17-25)16-21-13-23(28-24)11-10-19(21)3/h5-11,13-14,17,22H,4,12,15-16H2,1-3H3,(H2,25,26)/b18-14+. The van der Waals surface area contributed by atoms with Gasteiger partial charge in [0.15, 0.2) is 0 Å². The highest BCUT2D eigenvalue weighted by atomic mass is 32.2. The van der Waals surface area contributed by atoms with Crippen molar-refractivity contribution in [1.82, 2.24) is 4.90 Å². The highest BCUT2D eigenvalue weighted by Gasteiger charge is 2.19. The first-order chi connectivity index (χ1) is 13.6. The normalized spacial score (nSPS) is 13.4. The average molecular weight is 400 g/mol. The highest BCUT2D eigenvalue weighted by molar-refractivity contribution is 7.94. The van der Waals surface area contributed by atoms with Crippen LogP contribution in [0.5, 0.6) is 0 Å². The molecule has 2 rings (SSSR count). The van der Waals surface area contributed by atoms with E-state index in [1.807, 2.05) is 30.5 Å². The second kappa shape index (κ2) is 11.7. The van der Waals surface area contributed by atoms with Crippen molar-refractivity contribution in [2.75, 3.05) is 6.54 Å². The third kappa shape index (κ3) is 6.80. The minimum absolute atomic E-state index is 0.298. The summed E-state index contributed by atoms with van der Waals surface area (Å²) in [6.07, 6.45) is 5.12. The maximum atomic E-state index is 13.1. The van der Waals surface area contributed by atoms with E-state index in [9.17, 15) is 3.89 Å². The molecule has 0 saturated heterocycles. The van der Waals surface area contributed by atoms with E-state index < -0.39 is 0 Å². The summed E-state index contributed by atoms with van der Waals surface area (Å²) in [5.41, 5.74) is 10.2. The predicted molar refractivity (Wildman–Crippen MR) is 119 cm³/mol. The number of aryl methyl sites for hydroxylation is 1. The van der Waals surface area contributed by atoms with Gasteiger partial charge in [0, 0.05) is 30.2 Å². The highest BCUT2D eigenvalue weighted by Crippen LogP contribution is 2.25. The zero-order valence-corrected chi connectivity index (χ0v) is 17.8. The van der Waals surface area contributed by atoms with Crippen LogP contribution in [0.2, 0.25) is 0 Å². The van der Waals surface area contributed by atoms with Crippen molar-refractivity contribution in [2.45, 2.75) is 51.1 Å². The number of nitrogens with zero attached hydrogens (tertiary/aromatic N) is 2. The zero-order valence-electron chi connectivity index (χ0n) is 16.9. The largest absolute Gasteiger partial charge is 0.390 e. The molecule has 0 aliphatic heterocycles. The van der Waals surface area contributed by atoms with E-state index in [0.29, 0.717) is 23.1 Å². The van der Waals surface area contributed by atoms with Gasteiger partial charge in [0.1, 0.15) is 0 Å². The van der Waals surface area contributed by atoms with E-state index in [-0.39, 0.29) is 0 Å². The van der Waals surface area contributed by atoms with Gasteiger partial charge in [0.25, 0.3) is 0 Å². The lowest BCUT2D eigenvalue weighted by Crippen LogP contribution is -2.37. The molecule has 2 N–H and O–H groups in total. The Bertz CT molecular complexity index is 790. The number of hydrogen-bond donors (Lipinski definition) is 1. The van der Waals surface area contributed by atoms with Gasteiger partial charge in [-0.15, -0.1) is 0 Å². The van der Waals surface area contributed by atoms with Crippen molar-refractivity contribution >= 4 is 18.5 Å². The molecule has 0 fully saturated rings. The van der Waals surface area contributed by atoms with Crippen molar-refractivity contribution in [3.63, 3.8) is 0 Å². The van der Waals surface area contributed by atoms with Crippen LogP contribution in [-0.2, 0) is 13.0 Å². The fraction of sp³-hybridized carbons (Fsp3) is 0.348. The maximum Gasteiger partial charge on any atom is 0.0852 e. The quantitative estimate of drug-likeness (QED) is 0.412. The van der Waals surface area contributed by atoms with E-state index in [4.69, 9.17) is 5.73 Å². The van der Waals surface area contributed by atoms with Crippen molar-refractivity contribution in [3.05, 3.63) is 77.0 Å². The lowest BCUT2D eigenvalue weighted by atomic mass is 10.00. The molecule has 0 heterocycles. The van der Waals surface area contributed by atoms with E-state index >= 15 is 0 Å². The minimum Gasteiger partial charge on any atom is -0.390 e. The molecular weight excluding hydrogens is 369 g/mol. The molecule has 28 heavy (non-hydrogen) atoms. The van der Waals surface area contributed by atoms with Crippen molar-refractivity contribution in [2.24, 2.45) is 10.7 Å². The molecule has 1 atom stereocenters. The Balaban J connectivity index is 2.29. The summed E-state index contributed by atoms with van der Waals surface area (Å²) < 4.78 is 13.1. The third-order valence-corrected chi connectivity index (χ3v) is 5.35. The van der Waals surface area contributed by atoms with Gasteiger partial charge in [-0.25, -0.2) is 4.99 Å². The van der Waals surface area contributed by atoms with Crippen molar-refractivity contribution in [1.29, 1.82) is 0 Å². The molecule has 150 valence electrons. The Morgan fingerprint density at radius 2 is 2.00 bits per heavy atom. The van der Waals surface area contributed by atoms with E-state index in [2.05, 4.69) is 54.9 Å². The topological polar surface area (TPSA) is 41.6 Å². The molecule has 3 nitrogen and oxygen atoms in total. The van der Waals surface area contributed by atoms with E-state index in [1.54, 1.807) is 0 Å². The molecule has 0 spiro atoms. The van der Waals surface area contributed by atoms with Crippen molar-refractivity contribution in [3.8, 4) is 0 Å². The number of aliphatic imine (C=N–C) groups is 1. The zero-order chi connectivity index (χ0) is 20.4. The summed E-state index contributed by atoms with van der Waals surface area (Å²) in [5, 5.41) is 0. The number of nitrogens with two attached hydrogens (primary N) is 1. The van der Waals surface area contributed by atoms with E-state index in [1.165, 1.54) is 17.5 Å². The number of benzene rings is 2. The first kappa shape index (κ1) is 22.2. The van der Waals surface area contributed by atoms with Gasteiger partial charge in [-0.2, -0.15) is 3.89 Å². The van der Waals surface area contributed by atoms with Gasteiger partial charge in [0.2, 0.25) is 0 Å². The third-order valence-electron chi connectivity index (χ3n) is 4.92. The average Bonchev–Trinajstić information content (AvgIpc) is 2.72. The maximum absolute atomic E-state index is 13.1. The molecule has 0 radical (unpaired) electrons. The summed E-state index contributed by atoms with van der Waals surface area (Å²) in [6, 6.07) is 16.7. The Morgan fingerprint density at radius 3 is 2.64 bits per heavy atom. The lowest BCUT2D eigenvalue weighted by molar-refractivity contribution is 0.196. The Morgan fingerprint density at radius 1 is 1.25 bits per heavy atom. The number of rotatable bonds is 10. The van der Waals surface area contributed by atoms with Crippen LogP contribution in [-0.4, -0.2) is 23.8 Å². The van der Waals surface area contributed by atoms with Crippen LogP contribution in [0.15, 0.2) is 70.2 Å². The monoisotopic (exact) mass is 399 g/mol. The van der Waals surface area contributed by atoms with Gasteiger partial charge in [0.05, 0.1) is 18.5 Å². The molecular formula is C23H30FN3S. The van der Waals surface area contributed by atoms with Crippen LogP contribution in [0.1, 0.15) is 37.0 Å². The predicted octanol–water partition coefficient (Wildman–Crippen LogP) is 5.69. The summed E-state index contributed by atoms with van der Waals surface area (Å²) in [6.45, 7) is 7.92. The van der Waals surface area contributed by atoms with Gasteiger partial charge in [-0.1, -0.05) is 43.3 Å². The molecule has 0 aromatic heterocycles. The summed E-state index contributed by atoms with van der Waals surface area (Å²) >= 11 is 0.298. The molecule has 0 aliphatic carbocycles. The van der Waals surface area contributed by atoms with Crippen LogP contribution in [0, 0.1) is 6.92 Å². The van der Waals surface area contributed by atoms with Crippen LogP contribution in [0.25, 0.3) is 0 Å². The molecule has 2 aromatic carbocycles. The fourth-order valence-corrected chi connectivity index (χ4v) is 3.65. The van der Waals surface area contributed by atoms with Gasteiger partial charge >= 0.3 is 0 Å². The lowest BCUT2D eigenvalue weighted by Gasteiger charge is -2.32. The van der Waals surface area contributed by atoms with Gasteiger partial charge in [-0.3, -0.25) is 4.90 Å². The molecule has 0 bridgehead atoms. The second-order valence-corrected chi connectivity index (χ2v) is 7.72. The molecule has 0 aliphatic rings. The summed E-state index contributed by atoms with van der Waals surface area (Å²) in [5.74, 6) is 0. The van der Waals surface area contributed by atoms with Crippen LogP contribution in [0.3, 0.4) is 0 Å². The van der Waals surface area contributed by atoms with Crippen LogP contribution < -0.4 is 5.73 Å². The fourth-order valence-electron chi connectivity index (χ4n) is 3.35. The van der Waals surface area contributed by atoms with Crippen LogP contribution >= 0.6 is 12.1 Å². The van der Waals surface area contributed by atoms with E-state index in [0.717, 1.165) is 37.1 Å². The number of halogens is 1. The Kier molecular flexibility index (Phi) is 9.24. The number of hydrogen-bond acceptors (Lipinski definition) is 3. The van der Waals surface area contributed by atoms with Crippen molar-refractivity contribution < 1.29 is 3.89 Å². The summed E-state index contributed by atoms with van der Waals surface area (Å²) in [7, 11) is 0. The molecule has 2 aromatic rings. The molecule has 5 heteroatoms. The smallest absolute Gasteiger partial charge is 0.0852 e. The first-order valence-electron chi connectivity index (χ1n) is 9.62. The van der Waals surface area contributed by atoms with Crippen LogP contribution in [0.4, 0.5) is 3.89 Å². The van der Waals surface area contributed by atoms with Gasteiger partial charge in [-0.05, 0) is 61.1 Å². The molecule has 1 unspecified atom stereocenters. The molecule has 0 saturated carbocycles. The SMILES string of the molecule is CCC(Cc1ccccc1)N(C/C(C)=C/N=CN)Cc1cc(SF)ccc1C. The Hall–Kier alpha value is -2.11. The van der Waals surface area contributed by atoms with Gasteiger partial charge < -0.3 is 5.73 Å². The second-order valence-electron chi connectivity index (χ2n) is 7.10. The summed E-state index contributed by atoms with van der Waals surface area (Å²) in [4.78, 5) is 7.16. The molecule has 0 amide bonds. The first-order valence-corrected chi connectivity index (χ1v) is 10.3. The Labute approximate surface area is 172 Å².